The second-order valence-electron chi connectivity index (χ2n) is 9.17. The third-order valence-corrected chi connectivity index (χ3v) is 8.88. The van der Waals surface area contributed by atoms with Gasteiger partial charge in [-0.05, 0) is 92.9 Å². The van der Waals surface area contributed by atoms with E-state index in [2.05, 4.69) is 17.0 Å². The Labute approximate surface area is 172 Å². The Balaban J connectivity index is 1.28. The van der Waals surface area contributed by atoms with Crippen LogP contribution in [0.2, 0.25) is 5.02 Å². The summed E-state index contributed by atoms with van der Waals surface area (Å²) >= 11 is 5.80. The van der Waals surface area contributed by atoms with Crippen LogP contribution in [0.15, 0.2) is 29.2 Å². The van der Waals surface area contributed by atoms with Gasteiger partial charge in [-0.15, -0.1) is 0 Å². The number of nitrogens with one attached hydrogen (secondary N) is 2. The van der Waals surface area contributed by atoms with Crippen molar-refractivity contribution >= 4 is 27.5 Å². The first-order valence-electron chi connectivity index (χ1n) is 10.3. The van der Waals surface area contributed by atoms with Gasteiger partial charge in [-0.2, -0.15) is 0 Å². The minimum absolute atomic E-state index is 0.0814. The van der Waals surface area contributed by atoms with Crippen LogP contribution in [0.3, 0.4) is 0 Å². The van der Waals surface area contributed by atoms with Gasteiger partial charge in [0.05, 0.1) is 4.90 Å². The van der Waals surface area contributed by atoms with Crippen LogP contribution < -0.4 is 10.0 Å². The molecule has 4 aliphatic rings. The first-order valence-corrected chi connectivity index (χ1v) is 12.2. The first-order chi connectivity index (χ1) is 13.3. The van der Waals surface area contributed by atoms with Crippen LogP contribution >= 0.6 is 11.6 Å². The van der Waals surface area contributed by atoms with Crippen molar-refractivity contribution < 1.29 is 13.2 Å². The second-order valence-corrected chi connectivity index (χ2v) is 11.4. The fourth-order valence-corrected chi connectivity index (χ4v) is 7.33. The molecule has 28 heavy (non-hydrogen) atoms. The summed E-state index contributed by atoms with van der Waals surface area (Å²) in [5.74, 6) is 2.45. The molecular weight excluding hydrogens is 396 g/mol. The molecule has 0 aliphatic heterocycles. The molecule has 7 heteroatoms. The third kappa shape index (κ3) is 4.10. The number of sulfonamides is 1. The number of rotatable bonds is 7. The summed E-state index contributed by atoms with van der Waals surface area (Å²) in [5, 5.41) is 3.66. The number of halogens is 1. The van der Waals surface area contributed by atoms with Crippen molar-refractivity contribution in [3.05, 3.63) is 29.3 Å². The minimum Gasteiger partial charge on any atom is -0.353 e. The van der Waals surface area contributed by atoms with E-state index < -0.39 is 10.0 Å². The largest absolute Gasteiger partial charge is 0.353 e. The normalized spacial score (nSPS) is 32.3. The number of amides is 1. The molecule has 0 unspecified atom stereocenters. The summed E-state index contributed by atoms with van der Waals surface area (Å²) in [6, 6.07) is 6.15. The van der Waals surface area contributed by atoms with Crippen LogP contribution in [0, 0.1) is 23.2 Å². The average Bonchev–Trinajstić information content (AvgIpc) is 2.60. The lowest BCUT2D eigenvalue weighted by Gasteiger charge is -2.59. The SMILES string of the molecule is C[C@H](NC(=O)CCNS(=O)(=O)c1ccc(Cl)cc1)C12CC3CC(CC(C3)C1)C2. The molecule has 0 heterocycles. The first kappa shape index (κ1) is 20.2. The van der Waals surface area contributed by atoms with Gasteiger partial charge in [-0.25, -0.2) is 13.1 Å². The highest BCUT2D eigenvalue weighted by Crippen LogP contribution is 2.61. The van der Waals surface area contributed by atoms with Gasteiger partial charge in [0.15, 0.2) is 0 Å². The Hall–Kier alpha value is -1.11. The summed E-state index contributed by atoms with van der Waals surface area (Å²) in [6.07, 6.45) is 8.01. The van der Waals surface area contributed by atoms with Crippen molar-refractivity contribution in [1.82, 2.24) is 10.0 Å². The summed E-state index contributed by atoms with van der Waals surface area (Å²) in [4.78, 5) is 12.6. The van der Waals surface area contributed by atoms with E-state index >= 15 is 0 Å². The Morgan fingerprint density at radius 3 is 2.18 bits per heavy atom. The third-order valence-electron chi connectivity index (χ3n) is 7.15. The minimum atomic E-state index is -3.63. The van der Waals surface area contributed by atoms with Gasteiger partial charge in [0, 0.05) is 24.0 Å². The summed E-state index contributed by atoms with van der Waals surface area (Å²) < 4.78 is 27.1. The molecule has 4 fully saturated rings. The molecule has 4 bridgehead atoms. The van der Waals surface area contributed by atoms with Gasteiger partial charge in [-0.3, -0.25) is 4.79 Å². The molecule has 0 spiro atoms. The highest BCUT2D eigenvalue weighted by Gasteiger charge is 2.53. The van der Waals surface area contributed by atoms with E-state index in [1.54, 1.807) is 0 Å². The van der Waals surface area contributed by atoms with Gasteiger partial charge in [0.25, 0.3) is 0 Å². The Morgan fingerprint density at radius 2 is 1.64 bits per heavy atom. The van der Waals surface area contributed by atoms with Crippen LogP contribution in [0.1, 0.15) is 51.9 Å². The quantitative estimate of drug-likeness (QED) is 0.700. The lowest BCUT2D eigenvalue weighted by Crippen LogP contribution is -2.56. The molecule has 1 amide bonds. The highest BCUT2D eigenvalue weighted by atomic mass is 35.5. The zero-order valence-electron chi connectivity index (χ0n) is 16.3. The molecule has 5 nitrogen and oxygen atoms in total. The van der Waals surface area contributed by atoms with Crippen LogP contribution in [0.25, 0.3) is 0 Å². The van der Waals surface area contributed by atoms with Crippen LogP contribution in [0.5, 0.6) is 0 Å². The van der Waals surface area contributed by atoms with Crippen molar-refractivity contribution in [3.8, 4) is 0 Å². The smallest absolute Gasteiger partial charge is 0.240 e. The fraction of sp³-hybridized carbons (Fsp3) is 0.667. The maximum Gasteiger partial charge on any atom is 0.240 e. The topological polar surface area (TPSA) is 75.3 Å². The van der Waals surface area contributed by atoms with Crippen molar-refractivity contribution in [1.29, 1.82) is 0 Å². The number of benzene rings is 1. The summed E-state index contributed by atoms with van der Waals surface area (Å²) in [5.41, 5.74) is 0.257. The van der Waals surface area contributed by atoms with Gasteiger partial charge in [0.2, 0.25) is 15.9 Å². The highest BCUT2D eigenvalue weighted by molar-refractivity contribution is 7.89. The zero-order valence-corrected chi connectivity index (χ0v) is 17.9. The maximum atomic E-state index is 12.5. The van der Waals surface area contributed by atoms with Crippen molar-refractivity contribution in [3.63, 3.8) is 0 Å². The molecule has 154 valence electrons. The molecule has 0 aromatic heterocycles. The van der Waals surface area contributed by atoms with Crippen LogP contribution in [-0.4, -0.2) is 26.9 Å². The maximum absolute atomic E-state index is 12.5. The molecule has 4 saturated carbocycles. The van der Waals surface area contributed by atoms with Gasteiger partial charge in [0.1, 0.15) is 0 Å². The van der Waals surface area contributed by atoms with E-state index in [9.17, 15) is 13.2 Å². The van der Waals surface area contributed by atoms with Crippen LogP contribution in [0.4, 0.5) is 0 Å². The second kappa shape index (κ2) is 7.62. The average molecular weight is 425 g/mol. The van der Waals surface area contributed by atoms with Gasteiger partial charge >= 0.3 is 0 Å². The van der Waals surface area contributed by atoms with E-state index in [4.69, 9.17) is 11.6 Å². The number of carbonyl (C=O) groups excluding carboxylic acids is 1. The molecule has 0 saturated heterocycles. The summed E-state index contributed by atoms with van der Waals surface area (Å²) in [6.45, 7) is 2.23. The van der Waals surface area contributed by atoms with E-state index in [-0.39, 0.29) is 35.2 Å². The Kier molecular flexibility index (Phi) is 5.49. The van der Waals surface area contributed by atoms with E-state index in [1.807, 2.05) is 0 Å². The van der Waals surface area contributed by atoms with Crippen LogP contribution in [-0.2, 0) is 14.8 Å². The Bertz CT molecular complexity index is 802. The predicted octanol–water partition coefficient (Wildman–Crippen LogP) is 3.73. The molecule has 1 aromatic rings. The van der Waals surface area contributed by atoms with E-state index in [0.29, 0.717) is 5.02 Å². The number of carbonyl (C=O) groups is 1. The predicted molar refractivity (Wildman–Crippen MR) is 109 cm³/mol. The van der Waals surface area contributed by atoms with Crippen molar-refractivity contribution in [2.75, 3.05) is 6.54 Å². The summed E-state index contributed by atoms with van der Waals surface area (Å²) in [7, 11) is -3.63. The standard InChI is InChI=1S/C21H29ClN2O3S/c1-14(21-11-15-8-16(12-21)10-17(9-15)13-21)24-20(25)6-7-23-28(26,27)19-4-2-18(22)3-5-19/h2-5,14-17,23H,6-13H2,1H3,(H,24,25)/t14-,15?,16?,17?,21?/m0/s1. The molecule has 5 rings (SSSR count). The molecule has 0 radical (unpaired) electrons. The van der Waals surface area contributed by atoms with Crippen molar-refractivity contribution in [2.45, 2.75) is 62.8 Å². The fourth-order valence-electron chi connectivity index (χ4n) is 6.17. The van der Waals surface area contributed by atoms with Gasteiger partial charge < -0.3 is 5.32 Å². The zero-order chi connectivity index (χ0) is 19.9. The molecule has 2 N–H and O–H groups in total. The number of hydrogen-bond acceptors (Lipinski definition) is 3. The van der Waals surface area contributed by atoms with E-state index in [1.165, 1.54) is 62.8 Å². The van der Waals surface area contributed by atoms with Crippen molar-refractivity contribution in [2.24, 2.45) is 23.2 Å². The molecular formula is C21H29ClN2O3S. The molecule has 1 aromatic carbocycles. The lowest BCUT2D eigenvalue weighted by atomic mass is 9.48. The number of hydrogen-bond donors (Lipinski definition) is 2. The van der Waals surface area contributed by atoms with Gasteiger partial charge in [-0.1, -0.05) is 11.6 Å². The monoisotopic (exact) mass is 424 g/mol. The molecule has 4 aliphatic carbocycles. The molecule has 1 atom stereocenters. The van der Waals surface area contributed by atoms with E-state index in [0.717, 1.165) is 17.8 Å². The lowest BCUT2D eigenvalue weighted by molar-refractivity contribution is -0.125. The Morgan fingerprint density at radius 1 is 1.11 bits per heavy atom.